The van der Waals surface area contributed by atoms with E-state index in [2.05, 4.69) is 15.3 Å². The van der Waals surface area contributed by atoms with E-state index in [-0.39, 0.29) is 5.91 Å². The molecule has 0 fully saturated rings. The zero-order valence-electron chi connectivity index (χ0n) is 11.9. The van der Waals surface area contributed by atoms with E-state index in [1.54, 1.807) is 47.1 Å². The van der Waals surface area contributed by atoms with Crippen LogP contribution in [0.1, 0.15) is 27.9 Å². The summed E-state index contributed by atoms with van der Waals surface area (Å²) in [5, 5.41) is 3.11. The monoisotopic (exact) mass is 290 g/mol. The maximum absolute atomic E-state index is 12.4. The second-order valence-corrected chi connectivity index (χ2v) is 5.42. The molecule has 0 aliphatic heterocycles. The van der Waals surface area contributed by atoms with E-state index in [1.165, 1.54) is 0 Å². The first-order chi connectivity index (χ1) is 9.61. The minimum Gasteiger partial charge on any atom is -0.370 e. The van der Waals surface area contributed by atoms with Gasteiger partial charge in [0.2, 0.25) is 0 Å². The van der Waals surface area contributed by atoms with Crippen molar-refractivity contribution in [3.05, 3.63) is 40.0 Å². The van der Waals surface area contributed by atoms with Gasteiger partial charge in [0, 0.05) is 30.2 Å². The van der Waals surface area contributed by atoms with Gasteiger partial charge in [-0.2, -0.15) is 0 Å². The molecule has 2 aromatic rings. The van der Waals surface area contributed by atoms with Gasteiger partial charge in [0.15, 0.2) is 0 Å². The Kier molecular flexibility index (Phi) is 4.68. The number of hydrogen-bond acceptors (Lipinski definition) is 5. The van der Waals surface area contributed by atoms with Crippen molar-refractivity contribution < 1.29 is 4.79 Å². The number of hydrogen-bond donors (Lipinski definition) is 1. The van der Waals surface area contributed by atoms with E-state index >= 15 is 0 Å². The van der Waals surface area contributed by atoms with Gasteiger partial charge >= 0.3 is 0 Å². The minimum absolute atomic E-state index is 0.0145. The Labute approximate surface area is 122 Å². The summed E-state index contributed by atoms with van der Waals surface area (Å²) in [7, 11) is 1.80. The highest BCUT2D eigenvalue weighted by atomic mass is 32.1. The van der Waals surface area contributed by atoms with Crippen molar-refractivity contribution in [2.75, 3.05) is 18.9 Å². The van der Waals surface area contributed by atoms with Crippen molar-refractivity contribution in [2.45, 2.75) is 20.4 Å². The van der Waals surface area contributed by atoms with Gasteiger partial charge in [0.1, 0.15) is 5.82 Å². The number of amides is 1. The van der Waals surface area contributed by atoms with Gasteiger partial charge in [0.05, 0.1) is 17.7 Å². The van der Waals surface area contributed by atoms with E-state index in [0.29, 0.717) is 12.1 Å². The van der Waals surface area contributed by atoms with E-state index < -0.39 is 0 Å². The Morgan fingerprint density at radius 3 is 2.90 bits per heavy atom. The fourth-order valence-corrected chi connectivity index (χ4v) is 2.66. The number of aromatic nitrogens is 2. The van der Waals surface area contributed by atoms with Gasteiger partial charge < -0.3 is 10.2 Å². The second-order valence-electron chi connectivity index (χ2n) is 4.48. The largest absolute Gasteiger partial charge is 0.370 e. The van der Waals surface area contributed by atoms with Crippen LogP contribution in [-0.4, -0.2) is 34.4 Å². The molecule has 6 heteroatoms. The van der Waals surface area contributed by atoms with E-state index in [9.17, 15) is 4.79 Å². The summed E-state index contributed by atoms with van der Waals surface area (Å²) < 4.78 is 0. The molecule has 0 bridgehead atoms. The van der Waals surface area contributed by atoms with Crippen LogP contribution >= 0.6 is 11.3 Å². The summed E-state index contributed by atoms with van der Waals surface area (Å²) in [5.41, 5.74) is 3.43. The average molecular weight is 290 g/mol. The summed E-state index contributed by atoms with van der Waals surface area (Å²) in [6.45, 7) is 5.31. The van der Waals surface area contributed by atoms with E-state index in [1.807, 2.05) is 13.8 Å². The molecular weight excluding hydrogens is 272 g/mol. The highest BCUT2D eigenvalue weighted by Crippen LogP contribution is 2.16. The Morgan fingerprint density at radius 2 is 2.25 bits per heavy atom. The van der Waals surface area contributed by atoms with Crippen LogP contribution < -0.4 is 5.32 Å². The van der Waals surface area contributed by atoms with Gasteiger partial charge in [-0.05, 0) is 26.0 Å². The Morgan fingerprint density at radius 1 is 1.45 bits per heavy atom. The molecule has 2 rings (SSSR count). The number of anilines is 1. The maximum Gasteiger partial charge on any atom is 0.254 e. The van der Waals surface area contributed by atoms with Crippen molar-refractivity contribution >= 4 is 23.1 Å². The van der Waals surface area contributed by atoms with Crippen LogP contribution in [0.4, 0.5) is 5.82 Å². The van der Waals surface area contributed by atoms with Crippen molar-refractivity contribution in [2.24, 2.45) is 0 Å². The summed E-state index contributed by atoms with van der Waals surface area (Å²) in [5.74, 6) is 0.708. The summed E-state index contributed by atoms with van der Waals surface area (Å²) in [6, 6.07) is 3.51. The Hall–Kier alpha value is -1.95. The third kappa shape index (κ3) is 3.33. The van der Waals surface area contributed by atoms with Crippen molar-refractivity contribution in [1.82, 2.24) is 14.9 Å². The number of rotatable bonds is 5. The highest BCUT2D eigenvalue weighted by Gasteiger charge is 2.14. The van der Waals surface area contributed by atoms with Gasteiger partial charge in [-0.15, -0.1) is 11.3 Å². The number of carbonyl (C=O) groups excluding carboxylic acids is 1. The molecule has 5 nitrogen and oxygen atoms in total. The Bertz CT molecular complexity index is 596. The lowest BCUT2D eigenvalue weighted by molar-refractivity contribution is 0.0786. The molecule has 0 spiro atoms. The number of carbonyl (C=O) groups is 1. The molecule has 2 heterocycles. The zero-order chi connectivity index (χ0) is 14.5. The normalized spacial score (nSPS) is 10.3. The van der Waals surface area contributed by atoms with Crippen LogP contribution in [0.15, 0.2) is 23.8 Å². The quantitative estimate of drug-likeness (QED) is 0.919. The molecule has 2 aromatic heterocycles. The summed E-state index contributed by atoms with van der Waals surface area (Å²) >= 11 is 1.57. The van der Waals surface area contributed by atoms with Crippen LogP contribution in [0.3, 0.4) is 0 Å². The van der Waals surface area contributed by atoms with Crippen LogP contribution in [0, 0.1) is 6.92 Å². The molecule has 0 aromatic carbocycles. The molecule has 0 aliphatic carbocycles. The smallest absolute Gasteiger partial charge is 0.254 e. The lowest BCUT2D eigenvalue weighted by atomic mass is 10.2. The number of nitrogens with zero attached hydrogens (tertiary/aromatic N) is 3. The summed E-state index contributed by atoms with van der Waals surface area (Å²) in [6.07, 6.45) is 1.65. The molecule has 0 radical (unpaired) electrons. The number of pyridine rings is 1. The maximum atomic E-state index is 12.4. The highest BCUT2D eigenvalue weighted by molar-refractivity contribution is 7.09. The molecule has 0 saturated heterocycles. The average Bonchev–Trinajstić information content (AvgIpc) is 2.84. The van der Waals surface area contributed by atoms with Crippen molar-refractivity contribution in [3.63, 3.8) is 0 Å². The molecule has 0 atom stereocenters. The molecule has 0 aliphatic rings. The van der Waals surface area contributed by atoms with Crippen LogP contribution in [0.5, 0.6) is 0 Å². The van der Waals surface area contributed by atoms with E-state index in [4.69, 9.17) is 0 Å². The van der Waals surface area contributed by atoms with Gasteiger partial charge in [-0.25, -0.2) is 9.97 Å². The van der Waals surface area contributed by atoms with Gasteiger partial charge in [0.25, 0.3) is 5.91 Å². The van der Waals surface area contributed by atoms with Gasteiger partial charge in [-0.1, -0.05) is 0 Å². The summed E-state index contributed by atoms with van der Waals surface area (Å²) in [4.78, 5) is 23.6. The molecule has 20 heavy (non-hydrogen) atoms. The van der Waals surface area contributed by atoms with Gasteiger partial charge in [-0.3, -0.25) is 4.79 Å². The second kappa shape index (κ2) is 6.47. The Balaban J connectivity index is 2.10. The predicted molar refractivity (Wildman–Crippen MR) is 81.0 cm³/mol. The lowest BCUT2D eigenvalue weighted by Crippen LogP contribution is -2.26. The first-order valence-electron chi connectivity index (χ1n) is 6.46. The number of nitrogens with one attached hydrogen (secondary N) is 1. The third-order valence-electron chi connectivity index (χ3n) is 2.94. The number of aryl methyl sites for hydroxylation is 1. The van der Waals surface area contributed by atoms with Crippen molar-refractivity contribution in [1.29, 1.82) is 0 Å². The fraction of sp³-hybridized carbons (Fsp3) is 0.357. The van der Waals surface area contributed by atoms with Crippen molar-refractivity contribution in [3.8, 4) is 0 Å². The molecule has 1 amide bonds. The molecule has 1 N–H and O–H groups in total. The molecule has 0 saturated carbocycles. The molecular formula is C14H18N4OS. The fourth-order valence-electron chi connectivity index (χ4n) is 1.83. The van der Waals surface area contributed by atoms with Crippen LogP contribution in [0.2, 0.25) is 0 Å². The topological polar surface area (TPSA) is 58.1 Å². The number of thiazole rings is 1. The zero-order valence-corrected chi connectivity index (χ0v) is 12.7. The standard InChI is InChI=1S/C14H18N4OS/c1-4-15-13-7-11(5-6-16-13)14(19)18(3)8-12-10(2)17-9-20-12/h5-7,9H,4,8H2,1-3H3,(H,15,16). The lowest BCUT2D eigenvalue weighted by Gasteiger charge is -2.17. The van der Waals surface area contributed by atoms with Crippen LogP contribution in [0.25, 0.3) is 0 Å². The molecule has 0 unspecified atom stereocenters. The predicted octanol–water partition coefficient (Wildman–Crippen LogP) is 2.55. The third-order valence-corrected chi connectivity index (χ3v) is 3.86. The SMILES string of the molecule is CCNc1cc(C(=O)N(C)Cc2scnc2C)ccn1. The first-order valence-corrected chi connectivity index (χ1v) is 7.34. The molecule has 106 valence electrons. The van der Waals surface area contributed by atoms with E-state index in [0.717, 1.165) is 22.9 Å². The first kappa shape index (κ1) is 14.5. The van der Waals surface area contributed by atoms with Crippen LogP contribution in [-0.2, 0) is 6.54 Å². The minimum atomic E-state index is -0.0145.